The van der Waals surface area contributed by atoms with E-state index in [0.29, 0.717) is 22.1 Å². The van der Waals surface area contributed by atoms with Crippen molar-refractivity contribution in [2.45, 2.75) is 32.6 Å². The molecule has 1 aliphatic rings. The molecule has 1 saturated heterocycles. The lowest BCUT2D eigenvalue weighted by Crippen LogP contribution is -2.29. The Labute approximate surface area is 117 Å². The van der Waals surface area contributed by atoms with Gasteiger partial charge in [0.15, 0.2) is 5.43 Å². The molecule has 0 bridgehead atoms. The van der Waals surface area contributed by atoms with E-state index in [4.69, 9.17) is 4.42 Å². The number of phenolic OH excluding ortho intramolecular Hbond substituents is 1. The molecule has 1 unspecified atom stereocenters. The van der Waals surface area contributed by atoms with Crippen molar-refractivity contribution >= 4 is 11.0 Å². The lowest BCUT2D eigenvalue weighted by atomic mass is 9.93. The summed E-state index contributed by atoms with van der Waals surface area (Å²) in [4.78, 5) is 12.5. The standard InChI is InChI=1S/C16H19NO3/c1-9-13(18)6-5-12-14(19)10(2)15(20-16(9)12)11-4-3-7-17-8-11/h5-6,11,17-18H,3-4,7-8H2,1-2H3. The van der Waals surface area contributed by atoms with Gasteiger partial charge in [-0.2, -0.15) is 0 Å². The van der Waals surface area contributed by atoms with E-state index < -0.39 is 0 Å². The van der Waals surface area contributed by atoms with E-state index in [9.17, 15) is 9.90 Å². The molecule has 1 atom stereocenters. The molecule has 1 aromatic carbocycles. The van der Waals surface area contributed by atoms with Crippen molar-refractivity contribution < 1.29 is 9.52 Å². The Bertz CT molecular complexity index is 712. The van der Waals surface area contributed by atoms with Gasteiger partial charge in [-0.15, -0.1) is 0 Å². The molecule has 0 saturated carbocycles. The lowest BCUT2D eigenvalue weighted by Gasteiger charge is -2.23. The Morgan fingerprint density at radius 1 is 1.30 bits per heavy atom. The fraction of sp³-hybridized carbons (Fsp3) is 0.438. The van der Waals surface area contributed by atoms with Crippen LogP contribution < -0.4 is 10.7 Å². The highest BCUT2D eigenvalue weighted by atomic mass is 16.3. The maximum absolute atomic E-state index is 12.5. The van der Waals surface area contributed by atoms with Crippen LogP contribution in [0.25, 0.3) is 11.0 Å². The van der Waals surface area contributed by atoms with Crippen molar-refractivity contribution in [1.29, 1.82) is 0 Å². The molecule has 1 aliphatic heterocycles. The van der Waals surface area contributed by atoms with Crippen molar-refractivity contribution in [1.82, 2.24) is 5.32 Å². The molecule has 2 heterocycles. The van der Waals surface area contributed by atoms with Gasteiger partial charge in [-0.05, 0) is 45.4 Å². The van der Waals surface area contributed by atoms with E-state index in [1.807, 2.05) is 6.92 Å². The molecule has 2 aromatic rings. The number of fused-ring (bicyclic) bond motifs is 1. The highest BCUT2D eigenvalue weighted by molar-refractivity contribution is 5.82. The third-order valence-corrected chi connectivity index (χ3v) is 4.21. The molecule has 1 aromatic heterocycles. The average molecular weight is 273 g/mol. The number of phenols is 1. The molecular formula is C16H19NO3. The van der Waals surface area contributed by atoms with Crippen molar-refractivity contribution in [2.24, 2.45) is 0 Å². The highest BCUT2D eigenvalue weighted by Gasteiger charge is 2.23. The zero-order valence-corrected chi connectivity index (χ0v) is 11.8. The zero-order chi connectivity index (χ0) is 14.3. The van der Waals surface area contributed by atoms with Gasteiger partial charge in [-0.1, -0.05) is 0 Å². The van der Waals surface area contributed by atoms with E-state index in [1.165, 1.54) is 0 Å². The fourth-order valence-corrected chi connectivity index (χ4v) is 2.96. The van der Waals surface area contributed by atoms with Gasteiger partial charge in [-0.25, -0.2) is 0 Å². The molecule has 106 valence electrons. The van der Waals surface area contributed by atoms with Crippen LogP contribution in [0.2, 0.25) is 0 Å². The largest absolute Gasteiger partial charge is 0.508 e. The first-order chi connectivity index (χ1) is 9.59. The maximum atomic E-state index is 12.5. The normalized spacial score (nSPS) is 19.4. The van der Waals surface area contributed by atoms with Crippen LogP contribution in [0.3, 0.4) is 0 Å². The molecule has 4 nitrogen and oxygen atoms in total. The third-order valence-electron chi connectivity index (χ3n) is 4.21. The molecule has 0 aliphatic carbocycles. The lowest BCUT2D eigenvalue weighted by molar-refractivity contribution is 0.390. The number of piperidine rings is 1. The van der Waals surface area contributed by atoms with E-state index in [1.54, 1.807) is 19.1 Å². The van der Waals surface area contributed by atoms with Crippen molar-refractivity contribution in [3.05, 3.63) is 39.2 Å². The second kappa shape index (κ2) is 4.94. The third kappa shape index (κ3) is 2.00. The average Bonchev–Trinajstić information content (AvgIpc) is 2.47. The van der Waals surface area contributed by atoms with Gasteiger partial charge in [0.25, 0.3) is 0 Å². The quantitative estimate of drug-likeness (QED) is 0.838. The van der Waals surface area contributed by atoms with E-state index >= 15 is 0 Å². The van der Waals surface area contributed by atoms with Crippen molar-refractivity contribution in [3.63, 3.8) is 0 Å². The minimum Gasteiger partial charge on any atom is -0.508 e. The van der Waals surface area contributed by atoms with Crippen molar-refractivity contribution in [3.8, 4) is 5.75 Å². The number of nitrogens with one attached hydrogen (secondary N) is 1. The van der Waals surface area contributed by atoms with Crippen LogP contribution in [0.4, 0.5) is 0 Å². The number of benzene rings is 1. The first-order valence-corrected chi connectivity index (χ1v) is 7.06. The van der Waals surface area contributed by atoms with Gasteiger partial charge >= 0.3 is 0 Å². The summed E-state index contributed by atoms with van der Waals surface area (Å²) in [6.45, 7) is 5.47. The second-order valence-corrected chi connectivity index (χ2v) is 5.55. The molecule has 2 N–H and O–H groups in total. The molecule has 0 amide bonds. The highest BCUT2D eigenvalue weighted by Crippen LogP contribution is 2.31. The number of hydrogen-bond acceptors (Lipinski definition) is 4. The number of aromatic hydroxyl groups is 1. The van der Waals surface area contributed by atoms with Crippen LogP contribution in [0.1, 0.15) is 35.6 Å². The van der Waals surface area contributed by atoms with Crippen LogP contribution in [0.15, 0.2) is 21.3 Å². The molecule has 0 radical (unpaired) electrons. The summed E-state index contributed by atoms with van der Waals surface area (Å²) in [6.07, 6.45) is 2.12. The van der Waals surface area contributed by atoms with Gasteiger partial charge in [0, 0.05) is 23.6 Å². The van der Waals surface area contributed by atoms with Crippen LogP contribution in [-0.4, -0.2) is 18.2 Å². The molecular weight excluding hydrogens is 254 g/mol. The first-order valence-electron chi connectivity index (χ1n) is 7.06. The Morgan fingerprint density at radius 3 is 2.80 bits per heavy atom. The van der Waals surface area contributed by atoms with Crippen LogP contribution >= 0.6 is 0 Å². The maximum Gasteiger partial charge on any atom is 0.195 e. The molecule has 1 fully saturated rings. The van der Waals surface area contributed by atoms with Gasteiger partial charge in [-0.3, -0.25) is 4.79 Å². The Kier molecular flexibility index (Phi) is 3.26. The summed E-state index contributed by atoms with van der Waals surface area (Å²) in [5, 5.41) is 13.7. The monoisotopic (exact) mass is 273 g/mol. The Hall–Kier alpha value is -1.81. The van der Waals surface area contributed by atoms with Crippen molar-refractivity contribution in [2.75, 3.05) is 13.1 Å². The smallest absolute Gasteiger partial charge is 0.195 e. The van der Waals surface area contributed by atoms with E-state index in [0.717, 1.165) is 31.7 Å². The van der Waals surface area contributed by atoms with Gasteiger partial charge in [0.2, 0.25) is 0 Å². The minimum absolute atomic E-state index is 0.00919. The summed E-state index contributed by atoms with van der Waals surface area (Å²) in [5.74, 6) is 1.17. The van der Waals surface area contributed by atoms with E-state index in [-0.39, 0.29) is 17.1 Å². The molecule has 3 rings (SSSR count). The van der Waals surface area contributed by atoms with Gasteiger partial charge in [0.1, 0.15) is 17.1 Å². The fourth-order valence-electron chi connectivity index (χ4n) is 2.96. The predicted molar refractivity (Wildman–Crippen MR) is 78.5 cm³/mol. The molecule has 20 heavy (non-hydrogen) atoms. The van der Waals surface area contributed by atoms with Crippen LogP contribution in [-0.2, 0) is 0 Å². The summed E-state index contributed by atoms with van der Waals surface area (Å²) in [6, 6.07) is 3.19. The Balaban J connectivity index is 2.25. The van der Waals surface area contributed by atoms with Gasteiger partial charge in [0.05, 0.1) is 5.39 Å². The summed E-state index contributed by atoms with van der Waals surface area (Å²) < 4.78 is 6.02. The molecule has 4 heteroatoms. The minimum atomic E-state index is 0.00919. The topological polar surface area (TPSA) is 62.5 Å². The SMILES string of the molecule is Cc1c(C2CCCNC2)oc2c(C)c(O)ccc2c1=O. The number of rotatable bonds is 1. The molecule has 0 spiro atoms. The summed E-state index contributed by atoms with van der Waals surface area (Å²) in [7, 11) is 0. The predicted octanol–water partition coefficient (Wildman–Crippen LogP) is 2.58. The van der Waals surface area contributed by atoms with E-state index in [2.05, 4.69) is 5.32 Å². The second-order valence-electron chi connectivity index (χ2n) is 5.55. The number of aryl methyl sites for hydroxylation is 1. The number of hydrogen-bond donors (Lipinski definition) is 2. The van der Waals surface area contributed by atoms with Crippen LogP contribution in [0, 0.1) is 13.8 Å². The van der Waals surface area contributed by atoms with Crippen LogP contribution in [0.5, 0.6) is 5.75 Å². The summed E-state index contributed by atoms with van der Waals surface area (Å²) >= 11 is 0. The first kappa shape index (κ1) is 13.2. The Morgan fingerprint density at radius 2 is 2.10 bits per heavy atom. The summed E-state index contributed by atoms with van der Waals surface area (Å²) in [5.41, 5.74) is 1.84. The van der Waals surface area contributed by atoms with Gasteiger partial charge < -0.3 is 14.8 Å². The zero-order valence-electron chi connectivity index (χ0n) is 11.8.